The maximum atomic E-state index is 8.99. The minimum absolute atomic E-state index is 0.157. The number of rotatable bonds is 2. The lowest BCUT2D eigenvalue weighted by atomic mass is 10.2. The van der Waals surface area contributed by atoms with Crippen LogP contribution in [0.25, 0.3) is 10.9 Å². The minimum atomic E-state index is 0.157. The molecule has 13 heavy (non-hydrogen) atoms. The number of alkyl halides is 1. The Hall–Kier alpha value is -0.550. The maximum absolute atomic E-state index is 8.99. The third-order valence-electron chi connectivity index (χ3n) is 2.05. The van der Waals surface area contributed by atoms with Crippen molar-refractivity contribution in [3.63, 3.8) is 0 Å². The fraction of sp³-hybridized carbons (Fsp3) is 0.200. The number of para-hydroxylation sites is 1. The van der Waals surface area contributed by atoms with Gasteiger partial charge in [0.05, 0.1) is 10.5 Å². The Labute approximate surface area is 90.1 Å². The number of hydrogen-bond donors (Lipinski definition) is 2. The third-order valence-corrected chi connectivity index (χ3v) is 3.11. The van der Waals surface area contributed by atoms with E-state index in [1.165, 1.54) is 5.39 Å². The van der Waals surface area contributed by atoms with Gasteiger partial charge in [-0.05, 0) is 17.5 Å². The number of benzene rings is 1. The van der Waals surface area contributed by atoms with Gasteiger partial charge in [-0.25, -0.2) is 0 Å². The highest BCUT2D eigenvalue weighted by Gasteiger charge is 2.08. The lowest BCUT2D eigenvalue weighted by Crippen LogP contribution is -1.94. The van der Waals surface area contributed by atoms with Crippen molar-refractivity contribution in [1.29, 1.82) is 0 Å². The molecule has 0 saturated heterocycles. The van der Waals surface area contributed by atoms with Gasteiger partial charge in [-0.2, -0.15) is 0 Å². The van der Waals surface area contributed by atoms with Crippen molar-refractivity contribution in [2.45, 2.75) is 3.92 Å². The number of hydrogen-bond acceptors (Lipinski definition) is 1. The van der Waals surface area contributed by atoms with E-state index in [-0.39, 0.29) is 10.5 Å². The molecule has 1 aromatic heterocycles. The van der Waals surface area contributed by atoms with Crippen LogP contribution in [-0.4, -0.2) is 16.7 Å². The zero-order chi connectivity index (χ0) is 9.26. The highest BCUT2D eigenvalue weighted by molar-refractivity contribution is 14.1. The summed E-state index contributed by atoms with van der Waals surface area (Å²) in [7, 11) is 0. The van der Waals surface area contributed by atoms with Crippen molar-refractivity contribution < 1.29 is 5.11 Å². The van der Waals surface area contributed by atoms with Crippen LogP contribution in [0, 0.1) is 0 Å². The van der Waals surface area contributed by atoms with Gasteiger partial charge in [-0.15, -0.1) is 0 Å². The summed E-state index contributed by atoms with van der Waals surface area (Å²) < 4.78 is 0.157. The number of aromatic amines is 1. The molecule has 0 amide bonds. The Kier molecular flexibility index (Phi) is 2.55. The first-order chi connectivity index (χ1) is 6.31. The van der Waals surface area contributed by atoms with E-state index in [9.17, 15) is 0 Å². The van der Waals surface area contributed by atoms with E-state index in [0.717, 1.165) is 11.2 Å². The van der Waals surface area contributed by atoms with Crippen LogP contribution in [0.5, 0.6) is 0 Å². The van der Waals surface area contributed by atoms with Crippen LogP contribution in [0.3, 0.4) is 0 Å². The first-order valence-corrected chi connectivity index (χ1v) is 5.38. The van der Waals surface area contributed by atoms with Crippen molar-refractivity contribution in [3.05, 3.63) is 36.0 Å². The maximum Gasteiger partial charge on any atom is 0.0741 e. The van der Waals surface area contributed by atoms with Crippen molar-refractivity contribution in [1.82, 2.24) is 4.98 Å². The van der Waals surface area contributed by atoms with Gasteiger partial charge in [0, 0.05) is 11.2 Å². The van der Waals surface area contributed by atoms with Gasteiger partial charge < -0.3 is 10.1 Å². The Bertz CT molecular complexity index is 377. The van der Waals surface area contributed by atoms with Gasteiger partial charge in [0.2, 0.25) is 0 Å². The predicted octanol–water partition coefficient (Wildman–Crippen LogP) is 2.64. The summed E-state index contributed by atoms with van der Waals surface area (Å²) in [6, 6.07) is 10.2. The molecule has 68 valence electrons. The molecule has 2 N–H and O–H groups in total. The predicted molar refractivity (Wildman–Crippen MR) is 62.1 cm³/mol. The smallest absolute Gasteiger partial charge is 0.0741 e. The first kappa shape index (κ1) is 9.02. The zero-order valence-electron chi connectivity index (χ0n) is 7.00. The first-order valence-electron chi connectivity index (χ1n) is 4.14. The topological polar surface area (TPSA) is 36.0 Å². The molecule has 1 aromatic carbocycles. The number of nitrogens with one attached hydrogen (secondary N) is 1. The van der Waals surface area contributed by atoms with E-state index in [0.29, 0.717) is 0 Å². The van der Waals surface area contributed by atoms with Gasteiger partial charge >= 0.3 is 0 Å². The van der Waals surface area contributed by atoms with Gasteiger partial charge in [0.25, 0.3) is 0 Å². The Morgan fingerprint density at radius 2 is 2.15 bits per heavy atom. The van der Waals surface area contributed by atoms with E-state index in [1.807, 2.05) is 18.2 Å². The molecule has 0 aliphatic heterocycles. The molecule has 2 nitrogen and oxygen atoms in total. The van der Waals surface area contributed by atoms with Crippen LogP contribution in [0.1, 0.15) is 9.62 Å². The van der Waals surface area contributed by atoms with E-state index in [1.54, 1.807) is 0 Å². The summed E-state index contributed by atoms with van der Waals surface area (Å²) in [5.74, 6) is 0. The SMILES string of the molecule is OCC(I)c1cc2ccccc2[nH]1. The van der Waals surface area contributed by atoms with E-state index >= 15 is 0 Å². The summed E-state index contributed by atoms with van der Waals surface area (Å²) in [6.07, 6.45) is 0. The molecule has 0 aliphatic rings. The summed E-state index contributed by atoms with van der Waals surface area (Å²) in [5.41, 5.74) is 2.22. The van der Waals surface area contributed by atoms with Gasteiger partial charge in [0.15, 0.2) is 0 Å². The number of fused-ring (bicyclic) bond motifs is 1. The normalized spacial score (nSPS) is 13.4. The van der Waals surface area contributed by atoms with Crippen LogP contribution in [0.4, 0.5) is 0 Å². The Morgan fingerprint density at radius 3 is 2.85 bits per heavy atom. The number of H-pyrrole nitrogens is 1. The molecule has 0 aliphatic carbocycles. The van der Waals surface area contributed by atoms with E-state index in [4.69, 9.17) is 5.11 Å². The Morgan fingerprint density at radius 1 is 1.38 bits per heavy atom. The lowest BCUT2D eigenvalue weighted by molar-refractivity contribution is 0.300. The number of aliphatic hydroxyl groups is 1. The Balaban J connectivity index is 2.49. The molecule has 1 heterocycles. The average Bonchev–Trinajstić information content (AvgIpc) is 2.59. The number of aromatic nitrogens is 1. The summed E-state index contributed by atoms with van der Waals surface area (Å²) in [5, 5.41) is 10.2. The summed E-state index contributed by atoms with van der Waals surface area (Å²) in [4.78, 5) is 3.28. The molecule has 2 aromatic rings. The second-order valence-corrected chi connectivity index (χ2v) is 4.47. The number of halogens is 1. The third kappa shape index (κ3) is 1.71. The lowest BCUT2D eigenvalue weighted by Gasteiger charge is -2.00. The molecule has 0 fully saturated rings. The highest BCUT2D eigenvalue weighted by atomic mass is 127. The van der Waals surface area contributed by atoms with Crippen LogP contribution in [-0.2, 0) is 0 Å². The van der Waals surface area contributed by atoms with Gasteiger partial charge in [-0.1, -0.05) is 40.8 Å². The van der Waals surface area contributed by atoms with Crippen LogP contribution in [0.2, 0.25) is 0 Å². The van der Waals surface area contributed by atoms with Crippen molar-refractivity contribution in [2.75, 3.05) is 6.61 Å². The fourth-order valence-electron chi connectivity index (χ4n) is 1.36. The van der Waals surface area contributed by atoms with Crippen LogP contribution in [0.15, 0.2) is 30.3 Å². The molecule has 0 saturated carbocycles. The molecule has 0 spiro atoms. The second kappa shape index (κ2) is 3.67. The largest absolute Gasteiger partial charge is 0.395 e. The standard InChI is InChI=1S/C10H10INO/c11-8(6-13)10-5-7-3-1-2-4-9(7)12-10/h1-5,8,12-13H,6H2. The van der Waals surface area contributed by atoms with Crippen LogP contribution < -0.4 is 0 Å². The molecule has 0 radical (unpaired) electrons. The molecular formula is C10H10INO. The molecule has 3 heteroatoms. The van der Waals surface area contributed by atoms with Gasteiger partial charge in [0.1, 0.15) is 0 Å². The minimum Gasteiger partial charge on any atom is -0.395 e. The van der Waals surface area contributed by atoms with Crippen molar-refractivity contribution in [2.24, 2.45) is 0 Å². The molecule has 2 rings (SSSR count). The van der Waals surface area contributed by atoms with E-state index in [2.05, 4.69) is 39.7 Å². The monoisotopic (exact) mass is 287 g/mol. The van der Waals surface area contributed by atoms with E-state index < -0.39 is 0 Å². The molecule has 1 atom stereocenters. The summed E-state index contributed by atoms with van der Waals surface area (Å²) >= 11 is 2.23. The quantitative estimate of drug-likeness (QED) is 0.646. The molecule has 1 unspecified atom stereocenters. The zero-order valence-corrected chi connectivity index (χ0v) is 9.15. The molecular weight excluding hydrogens is 277 g/mol. The highest BCUT2D eigenvalue weighted by Crippen LogP contribution is 2.25. The second-order valence-electron chi connectivity index (χ2n) is 2.96. The van der Waals surface area contributed by atoms with Crippen molar-refractivity contribution in [3.8, 4) is 0 Å². The molecule has 0 bridgehead atoms. The van der Waals surface area contributed by atoms with Crippen LogP contribution >= 0.6 is 22.6 Å². The number of aliphatic hydroxyl groups excluding tert-OH is 1. The van der Waals surface area contributed by atoms with Gasteiger partial charge in [-0.3, -0.25) is 0 Å². The summed E-state index contributed by atoms with van der Waals surface area (Å²) in [6.45, 7) is 0.174. The fourth-order valence-corrected chi connectivity index (χ4v) is 1.70. The average molecular weight is 287 g/mol. The van der Waals surface area contributed by atoms with Crippen molar-refractivity contribution >= 4 is 33.5 Å².